The van der Waals surface area contributed by atoms with Crippen molar-refractivity contribution in [1.82, 2.24) is 9.97 Å². The summed E-state index contributed by atoms with van der Waals surface area (Å²) in [7, 11) is 0. The fraction of sp³-hybridized carbons (Fsp3) is 0.706. The summed E-state index contributed by atoms with van der Waals surface area (Å²) >= 11 is 0. The van der Waals surface area contributed by atoms with Crippen LogP contribution in [0, 0.1) is 5.92 Å². The molecule has 1 aromatic rings. The van der Waals surface area contributed by atoms with Gasteiger partial charge in [-0.2, -0.15) is 0 Å². The van der Waals surface area contributed by atoms with Crippen LogP contribution in [-0.2, 0) is 11.2 Å². The lowest BCUT2D eigenvalue weighted by Gasteiger charge is -2.24. The number of aliphatic carboxylic acids is 1. The molecule has 0 aliphatic heterocycles. The first-order valence-electron chi connectivity index (χ1n) is 8.24. The lowest BCUT2D eigenvalue weighted by molar-refractivity contribution is -0.142. The molecule has 1 aliphatic rings. The number of aromatic nitrogens is 2. The van der Waals surface area contributed by atoms with E-state index in [1.807, 2.05) is 12.4 Å². The molecule has 116 valence electrons. The first-order chi connectivity index (χ1) is 10.2. The van der Waals surface area contributed by atoms with E-state index in [-0.39, 0.29) is 5.92 Å². The zero-order valence-corrected chi connectivity index (χ0v) is 12.9. The summed E-state index contributed by atoms with van der Waals surface area (Å²) < 4.78 is 0. The third kappa shape index (κ3) is 4.80. The fourth-order valence-electron chi connectivity index (χ4n) is 3.06. The Hall–Kier alpha value is -1.45. The van der Waals surface area contributed by atoms with E-state index < -0.39 is 5.97 Å². The van der Waals surface area contributed by atoms with Gasteiger partial charge in [0.2, 0.25) is 0 Å². The van der Waals surface area contributed by atoms with E-state index in [1.54, 1.807) is 0 Å². The molecule has 1 aliphatic carbocycles. The second kappa shape index (κ2) is 8.11. The molecule has 0 atom stereocenters. The normalized spacial score (nSPS) is 22.1. The summed E-state index contributed by atoms with van der Waals surface area (Å²) in [4.78, 5) is 20.0. The molecule has 21 heavy (non-hydrogen) atoms. The van der Waals surface area contributed by atoms with Gasteiger partial charge in [-0.1, -0.05) is 26.2 Å². The quantitative estimate of drug-likeness (QED) is 0.772. The highest BCUT2D eigenvalue weighted by molar-refractivity contribution is 5.70. The van der Waals surface area contributed by atoms with Crippen LogP contribution in [0.1, 0.15) is 75.6 Å². The number of rotatable bonds is 7. The molecule has 1 saturated carbocycles. The smallest absolute Gasteiger partial charge is 0.306 e. The largest absolute Gasteiger partial charge is 0.481 e. The number of hydrogen-bond donors (Lipinski definition) is 1. The Balaban J connectivity index is 1.81. The monoisotopic (exact) mass is 290 g/mol. The molecular formula is C17H26N2O2. The van der Waals surface area contributed by atoms with Crippen LogP contribution in [0.5, 0.6) is 0 Å². The average molecular weight is 290 g/mol. The Labute approximate surface area is 127 Å². The third-order valence-electron chi connectivity index (χ3n) is 4.49. The van der Waals surface area contributed by atoms with Gasteiger partial charge in [0.05, 0.1) is 5.92 Å². The van der Waals surface area contributed by atoms with Gasteiger partial charge in [0.25, 0.3) is 0 Å². The first-order valence-corrected chi connectivity index (χ1v) is 8.24. The van der Waals surface area contributed by atoms with Gasteiger partial charge in [-0.05, 0) is 44.1 Å². The van der Waals surface area contributed by atoms with Crippen molar-refractivity contribution in [3.05, 3.63) is 23.8 Å². The number of unbranched alkanes of at least 4 members (excludes halogenated alkanes) is 3. The average Bonchev–Trinajstić information content (AvgIpc) is 2.52. The molecule has 1 N–H and O–H groups in total. The van der Waals surface area contributed by atoms with Crippen molar-refractivity contribution in [3.63, 3.8) is 0 Å². The summed E-state index contributed by atoms with van der Waals surface area (Å²) in [5.74, 6) is 0.418. The van der Waals surface area contributed by atoms with Gasteiger partial charge in [-0.25, -0.2) is 9.97 Å². The van der Waals surface area contributed by atoms with E-state index >= 15 is 0 Å². The highest BCUT2D eigenvalue weighted by atomic mass is 16.4. The Bertz CT molecular complexity index is 437. The zero-order chi connectivity index (χ0) is 15.1. The van der Waals surface area contributed by atoms with Crippen molar-refractivity contribution in [2.75, 3.05) is 0 Å². The van der Waals surface area contributed by atoms with Gasteiger partial charge in [0, 0.05) is 18.3 Å². The molecule has 1 heterocycles. The van der Waals surface area contributed by atoms with Crippen molar-refractivity contribution in [2.24, 2.45) is 5.92 Å². The van der Waals surface area contributed by atoms with Crippen LogP contribution in [-0.4, -0.2) is 21.0 Å². The highest BCUT2D eigenvalue weighted by Crippen LogP contribution is 2.34. The number of aryl methyl sites for hydroxylation is 1. The minimum absolute atomic E-state index is 0.168. The number of carboxylic acid groups (broad SMARTS) is 1. The highest BCUT2D eigenvalue weighted by Gasteiger charge is 2.27. The van der Waals surface area contributed by atoms with Crippen LogP contribution < -0.4 is 0 Å². The minimum Gasteiger partial charge on any atom is -0.481 e. The molecule has 0 aromatic carbocycles. The van der Waals surface area contributed by atoms with E-state index in [2.05, 4.69) is 16.9 Å². The van der Waals surface area contributed by atoms with Gasteiger partial charge < -0.3 is 5.11 Å². The van der Waals surface area contributed by atoms with Crippen LogP contribution in [0.3, 0.4) is 0 Å². The molecule has 0 unspecified atom stereocenters. The SMILES string of the molecule is CCCCCCc1cnc(C2CCC(C(=O)O)CC2)nc1. The van der Waals surface area contributed by atoms with Gasteiger partial charge >= 0.3 is 5.97 Å². The number of nitrogens with zero attached hydrogens (tertiary/aromatic N) is 2. The Morgan fingerprint density at radius 1 is 1.14 bits per heavy atom. The lowest BCUT2D eigenvalue weighted by Crippen LogP contribution is -2.21. The van der Waals surface area contributed by atoms with Crippen molar-refractivity contribution >= 4 is 5.97 Å². The molecule has 2 rings (SSSR count). The molecule has 4 nitrogen and oxygen atoms in total. The second-order valence-corrected chi connectivity index (χ2v) is 6.15. The van der Waals surface area contributed by atoms with Gasteiger partial charge in [-0.3, -0.25) is 4.79 Å². The molecule has 0 spiro atoms. The maximum Gasteiger partial charge on any atom is 0.306 e. The number of hydrogen-bond acceptors (Lipinski definition) is 3. The summed E-state index contributed by atoms with van der Waals surface area (Å²) in [6, 6.07) is 0. The predicted octanol–water partition coefficient (Wildman–Crippen LogP) is 3.96. The van der Waals surface area contributed by atoms with Crippen molar-refractivity contribution < 1.29 is 9.90 Å². The van der Waals surface area contributed by atoms with Crippen LogP contribution in [0.4, 0.5) is 0 Å². The third-order valence-corrected chi connectivity index (χ3v) is 4.49. The molecule has 0 radical (unpaired) electrons. The van der Waals surface area contributed by atoms with Gasteiger partial charge in [0.1, 0.15) is 5.82 Å². The molecule has 0 saturated heterocycles. The molecule has 0 amide bonds. The lowest BCUT2D eigenvalue weighted by atomic mass is 9.81. The van der Waals surface area contributed by atoms with Crippen molar-refractivity contribution in [2.45, 2.75) is 70.6 Å². The first kappa shape index (κ1) is 15.9. The van der Waals surface area contributed by atoms with E-state index in [4.69, 9.17) is 5.11 Å². The predicted molar refractivity (Wildman–Crippen MR) is 82.2 cm³/mol. The Kier molecular flexibility index (Phi) is 6.15. The summed E-state index contributed by atoms with van der Waals surface area (Å²) in [5.41, 5.74) is 1.22. The topological polar surface area (TPSA) is 63.1 Å². The zero-order valence-electron chi connectivity index (χ0n) is 12.9. The molecule has 0 bridgehead atoms. The second-order valence-electron chi connectivity index (χ2n) is 6.15. The molecule has 4 heteroatoms. The van der Waals surface area contributed by atoms with Crippen molar-refractivity contribution in [1.29, 1.82) is 0 Å². The number of carboxylic acids is 1. The van der Waals surface area contributed by atoms with Crippen LogP contribution in [0.2, 0.25) is 0 Å². The summed E-state index contributed by atoms with van der Waals surface area (Å²) in [6.07, 6.45) is 13.3. The summed E-state index contributed by atoms with van der Waals surface area (Å²) in [6.45, 7) is 2.22. The maximum atomic E-state index is 11.0. The summed E-state index contributed by atoms with van der Waals surface area (Å²) in [5, 5.41) is 9.02. The Morgan fingerprint density at radius 2 is 1.81 bits per heavy atom. The van der Waals surface area contributed by atoms with Gasteiger partial charge in [-0.15, -0.1) is 0 Å². The van der Waals surface area contributed by atoms with E-state index in [9.17, 15) is 4.79 Å². The van der Waals surface area contributed by atoms with Crippen molar-refractivity contribution in [3.8, 4) is 0 Å². The molecular weight excluding hydrogens is 264 g/mol. The minimum atomic E-state index is -0.656. The van der Waals surface area contributed by atoms with E-state index in [0.29, 0.717) is 5.92 Å². The van der Waals surface area contributed by atoms with E-state index in [0.717, 1.165) is 37.9 Å². The number of carbonyl (C=O) groups is 1. The maximum absolute atomic E-state index is 11.0. The molecule has 1 fully saturated rings. The standard InChI is InChI=1S/C17H26N2O2/c1-2-3-4-5-6-13-11-18-16(19-12-13)14-7-9-15(10-8-14)17(20)21/h11-12,14-15H,2-10H2,1H3,(H,20,21). The van der Waals surface area contributed by atoms with Crippen LogP contribution >= 0.6 is 0 Å². The molecule has 1 aromatic heterocycles. The fourth-order valence-corrected chi connectivity index (χ4v) is 3.06. The van der Waals surface area contributed by atoms with Gasteiger partial charge in [0.15, 0.2) is 0 Å². The van der Waals surface area contributed by atoms with Crippen LogP contribution in [0.25, 0.3) is 0 Å². The Morgan fingerprint density at radius 3 is 2.38 bits per heavy atom. The van der Waals surface area contributed by atoms with E-state index in [1.165, 1.54) is 31.2 Å². The van der Waals surface area contributed by atoms with Crippen LogP contribution in [0.15, 0.2) is 12.4 Å².